The molecule has 1 N–H and O–H groups in total. The van der Waals surface area contributed by atoms with Crippen LogP contribution in [0, 0.1) is 13.8 Å². The van der Waals surface area contributed by atoms with Crippen molar-refractivity contribution >= 4 is 28.9 Å². The van der Waals surface area contributed by atoms with Crippen LogP contribution in [0.5, 0.6) is 0 Å². The number of nitrogens with one attached hydrogen (secondary N) is 1. The van der Waals surface area contributed by atoms with E-state index >= 15 is 0 Å². The molecule has 2 fully saturated rings. The zero-order valence-corrected chi connectivity index (χ0v) is 16.3. The number of carbonyl (C=O) groups is 2. The number of imide groups is 1. The molecule has 4 rings (SSSR count). The van der Waals surface area contributed by atoms with Crippen molar-refractivity contribution in [2.75, 3.05) is 41.4 Å². The average Bonchev–Trinajstić information content (AvgIpc) is 2.95. The number of morpholine rings is 1. The Hall–Kier alpha value is -2.86. The van der Waals surface area contributed by atoms with E-state index in [0.717, 1.165) is 48.8 Å². The number of aryl methyl sites for hydroxylation is 2. The van der Waals surface area contributed by atoms with Crippen molar-refractivity contribution in [3.63, 3.8) is 0 Å². The van der Waals surface area contributed by atoms with E-state index in [1.54, 1.807) is 0 Å². The van der Waals surface area contributed by atoms with Gasteiger partial charge >= 0.3 is 0 Å². The van der Waals surface area contributed by atoms with Gasteiger partial charge in [0.2, 0.25) is 5.91 Å². The fraction of sp³-hybridized carbons (Fsp3) is 0.364. The van der Waals surface area contributed by atoms with E-state index < -0.39 is 6.04 Å². The molecular formula is C22H25N3O3. The summed E-state index contributed by atoms with van der Waals surface area (Å²) in [4.78, 5) is 29.0. The van der Waals surface area contributed by atoms with Crippen molar-refractivity contribution in [1.82, 2.24) is 0 Å². The van der Waals surface area contributed by atoms with Crippen LogP contribution in [0.1, 0.15) is 17.5 Å². The van der Waals surface area contributed by atoms with Gasteiger partial charge in [-0.3, -0.25) is 9.59 Å². The number of anilines is 3. The second kappa shape index (κ2) is 7.64. The molecular weight excluding hydrogens is 354 g/mol. The lowest BCUT2D eigenvalue weighted by atomic mass is 10.1. The molecule has 1 unspecified atom stereocenters. The minimum Gasteiger partial charge on any atom is -0.378 e. The van der Waals surface area contributed by atoms with Gasteiger partial charge in [-0.15, -0.1) is 0 Å². The summed E-state index contributed by atoms with van der Waals surface area (Å²) in [5, 5.41) is 3.22. The third-order valence-electron chi connectivity index (χ3n) is 5.20. The molecule has 0 aromatic heterocycles. The molecule has 6 nitrogen and oxygen atoms in total. The Morgan fingerprint density at radius 1 is 0.929 bits per heavy atom. The van der Waals surface area contributed by atoms with Crippen LogP contribution in [0.15, 0.2) is 42.5 Å². The van der Waals surface area contributed by atoms with Crippen LogP contribution >= 0.6 is 0 Å². The number of nitrogens with zero attached hydrogens (tertiary/aromatic N) is 2. The molecule has 0 saturated carbocycles. The Morgan fingerprint density at radius 2 is 1.57 bits per heavy atom. The lowest BCUT2D eigenvalue weighted by Crippen LogP contribution is -2.36. The molecule has 2 aromatic rings. The molecule has 6 heteroatoms. The number of hydrogen-bond acceptors (Lipinski definition) is 5. The van der Waals surface area contributed by atoms with Crippen molar-refractivity contribution in [2.45, 2.75) is 26.3 Å². The zero-order valence-electron chi connectivity index (χ0n) is 16.3. The predicted octanol–water partition coefficient (Wildman–Crippen LogP) is 2.88. The highest BCUT2D eigenvalue weighted by Crippen LogP contribution is 2.27. The fourth-order valence-corrected chi connectivity index (χ4v) is 3.89. The largest absolute Gasteiger partial charge is 0.378 e. The SMILES string of the molecule is Cc1cc(C)cc(N2C(=O)CC(Nc3ccc(N4CCOCC4)cc3)C2=O)c1. The fourth-order valence-electron chi connectivity index (χ4n) is 3.89. The van der Waals surface area contributed by atoms with E-state index in [1.807, 2.05) is 56.3 Å². The summed E-state index contributed by atoms with van der Waals surface area (Å²) in [6, 6.07) is 13.2. The van der Waals surface area contributed by atoms with Gasteiger partial charge in [0.25, 0.3) is 5.91 Å². The van der Waals surface area contributed by atoms with Crippen LogP contribution in [0.25, 0.3) is 0 Å². The Bertz CT molecular complexity index is 868. The summed E-state index contributed by atoms with van der Waals surface area (Å²) >= 11 is 0. The normalized spacial score (nSPS) is 20.0. The van der Waals surface area contributed by atoms with Crippen molar-refractivity contribution in [2.24, 2.45) is 0 Å². The van der Waals surface area contributed by atoms with Gasteiger partial charge in [-0.05, 0) is 61.4 Å². The standard InChI is InChI=1S/C22H25N3O3/c1-15-11-16(2)13-19(12-15)25-21(26)14-20(22(25)27)23-17-3-5-18(6-4-17)24-7-9-28-10-8-24/h3-6,11-13,20,23H,7-10,14H2,1-2H3. The molecule has 146 valence electrons. The third-order valence-corrected chi connectivity index (χ3v) is 5.20. The molecule has 0 bridgehead atoms. The molecule has 2 aliphatic heterocycles. The average molecular weight is 379 g/mol. The van der Waals surface area contributed by atoms with Gasteiger partial charge in [-0.1, -0.05) is 6.07 Å². The van der Waals surface area contributed by atoms with E-state index in [4.69, 9.17) is 4.74 Å². The third kappa shape index (κ3) is 3.73. The summed E-state index contributed by atoms with van der Waals surface area (Å²) in [6.07, 6.45) is 0.164. The van der Waals surface area contributed by atoms with Gasteiger partial charge in [0, 0.05) is 24.5 Å². The predicted molar refractivity (Wildman–Crippen MR) is 110 cm³/mol. The second-order valence-corrected chi connectivity index (χ2v) is 7.46. The lowest BCUT2D eigenvalue weighted by Gasteiger charge is -2.29. The van der Waals surface area contributed by atoms with Crippen LogP contribution < -0.4 is 15.1 Å². The van der Waals surface area contributed by atoms with Crippen LogP contribution in [0.3, 0.4) is 0 Å². The van der Waals surface area contributed by atoms with Crippen LogP contribution in [0.4, 0.5) is 17.1 Å². The minimum absolute atomic E-state index is 0.164. The monoisotopic (exact) mass is 379 g/mol. The van der Waals surface area contributed by atoms with Gasteiger partial charge < -0.3 is 15.0 Å². The highest BCUT2D eigenvalue weighted by Gasteiger charge is 2.39. The summed E-state index contributed by atoms with van der Waals surface area (Å²) in [7, 11) is 0. The molecule has 0 radical (unpaired) electrons. The lowest BCUT2D eigenvalue weighted by molar-refractivity contribution is -0.121. The quantitative estimate of drug-likeness (QED) is 0.828. The zero-order chi connectivity index (χ0) is 19.7. The molecule has 1 atom stereocenters. The molecule has 2 aliphatic rings. The van der Waals surface area contributed by atoms with Gasteiger partial charge in [-0.25, -0.2) is 4.90 Å². The Morgan fingerprint density at radius 3 is 2.21 bits per heavy atom. The topological polar surface area (TPSA) is 61.9 Å². The van der Waals surface area contributed by atoms with E-state index in [2.05, 4.69) is 10.2 Å². The van der Waals surface area contributed by atoms with Crippen molar-refractivity contribution in [3.05, 3.63) is 53.6 Å². The Labute approximate surface area is 165 Å². The maximum atomic E-state index is 12.9. The minimum atomic E-state index is -0.539. The number of ether oxygens (including phenoxy) is 1. The van der Waals surface area contributed by atoms with Crippen molar-refractivity contribution < 1.29 is 14.3 Å². The van der Waals surface area contributed by atoms with Crippen LogP contribution in [-0.4, -0.2) is 44.2 Å². The first kappa shape index (κ1) is 18.5. The Balaban J connectivity index is 1.46. The van der Waals surface area contributed by atoms with Crippen LogP contribution in [-0.2, 0) is 14.3 Å². The summed E-state index contributed by atoms with van der Waals surface area (Å²) in [5.74, 6) is -0.371. The molecule has 28 heavy (non-hydrogen) atoms. The highest BCUT2D eigenvalue weighted by molar-refractivity contribution is 6.23. The van der Waals surface area contributed by atoms with Gasteiger partial charge in [0.1, 0.15) is 6.04 Å². The van der Waals surface area contributed by atoms with Gasteiger partial charge in [0.05, 0.1) is 25.3 Å². The molecule has 2 saturated heterocycles. The van der Waals surface area contributed by atoms with E-state index in [9.17, 15) is 9.59 Å². The second-order valence-electron chi connectivity index (χ2n) is 7.46. The summed E-state index contributed by atoms with van der Waals surface area (Å²) in [5.41, 5.74) is 4.70. The number of amides is 2. The first-order valence-corrected chi connectivity index (χ1v) is 9.66. The molecule has 2 aromatic carbocycles. The molecule has 0 aliphatic carbocycles. The number of hydrogen-bond donors (Lipinski definition) is 1. The van der Waals surface area contributed by atoms with Gasteiger partial charge in [0.15, 0.2) is 0 Å². The Kier molecular flexibility index (Phi) is 5.05. The molecule has 0 spiro atoms. The van der Waals surface area contributed by atoms with E-state index in [1.165, 1.54) is 4.90 Å². The number of carbonyl (C=O) groups excluding carboxylic acids is 2. The van der Waals surface area contributed by atoms with E-state index in [-0.39, 0.29) is 18.2 Å². The van der Waals surface area contributed by atoms with Crippen molar-refractivity contribution in [1.29, 1.82) is 0 Å². The van der Waals surface area contributed by atoms with E-state index in [0.29, 0.717) is 5.69 Å². The van der Waals surface area contributed by atoms with Gasteiger partial charge in [-0.2, -0.15) is 0 Å². The van der Waals surface area contributed by atoms with Crippen molar-refractivity contribution in [3.8, 4) is 0 Å². The summed E-state index contributed by atoms with van der Waals surface area (Å²) < 4.78 is 5.39. The number of benzene rings is 2. The molecule has 2 heterocycles. The first-order valence-electron chi connectivity index (χ1n) is 9.66. The van der Waals surface area contributed by atoms with Crippen LogP contribution in [0.2, 0.25) is 0 Å². The molecule has 2 amide bonds. The first-order chi connectivity index (χ1) is 13.5. The number of rotatable bonds is 4. The smallest absolute Gasteiger partial charge is 0.256 e. The highest BCUT2D eigenvalue weighted by atomic mass is 16.5. The maximum absolute atomic E-state index is 12.9. The maximum Gasteiger partial charge on any atom is 0.256 e. The summed E-state index contributed by atoms with van der Waals surface area (Å²) in [6.45, 7) is 7.18.